The van der Waals surface area contributed by atoms with Gasteiger partial charge in [0, 0.05) is 18.7 Å². The number of carbonyl (C=O) groups is 1. The second kappa shape index (κ2) is 9.89. The molecule has 0 spiro atoms. The maximum Gasteiger partial charge on any atom is 0.253 e. The van der Waals surface area contributed by atoms with Crippen molar-refractivity contribution in [1.29, 1.82) is 0 Å². The van der Waals surface area contributed by atoms with Crippen LogP contribution in [0.3, 0.4) is 0 Å². The Kier molecular flexibility index (Phi) is 7.46. The summed E-state index contributed by atoms with van der Waals surface area (Å²) in [5.74, 6) is 0.753. The minimum Gasteiger partial charge on any atom is -0.497 e. The molecule has 1 N–H and O–H groups in total. The molecule has 0 bridgehead atoms. The number of ether oxygens (including phenoxy) is 2. The third-order valence-corrected chi connectivity index (χ3v) is 7.61. The summed E-state index contributed by atoms with van der Waals surface area (Å²) < 4.78 is 38.1. The summed E-state index contributed by atoms with van der Waals surface area (Å²) in [5, 5.41) is 3.05. The fraction of sp³-hybridized carbons (Fsp3) is 0.409. The SMILES string of the molecule is COc1ccc(OC)c([C@H](C)NC(=O)c2cc(S(=O)(=O)N3CCCCC3)ccc2Cl)c1. The zero-order valence-corrected chi connectivity index (χ0v) is 19.4. The second-order valence-corrected chi connectivity index (χ2v) is 9.75. The molecule has 1 heterocycles. The molecule has 0 unspecified atom stereocenters. The highest BCUT2D eigenvalue weighted by Gasteiger charge is 2.27. The van der Waals surface area contributed by atoms with Crippen LogP contribution in [0.25, 0.3) is 0 Å². The van der Waals surface area contributed by atoms with E-state index >= 15 is 0 Å². The monoisotopic (exact) mass is 466 g/mol. The van der Waals surface area contributed by atoms with E-state index in [1.165, 1.54) is 22.5 Å². The maximum absolute atomic E-state index is 13.0. The lowest BCUT2D eigenvalue weighted by Gasteiger charge is -2.26. The third kappa shape index (κ3) is 5.14. The molecule has 1 amide bonds. The first-order chi connectivity index (χ1) is 14.8. The van der Waals surface area contributed by atoms with E-state index in [9.17, 15) is 13.2 Å². The Balaban J connectivity index is 1.86. The highest BCUT2D eigenvalue weighted by molar-refractivity contribution is 7.89. The summed E-state index contributed by atoms with van der Waals surface area (Å²) in [5.41, 5.74) is 0.830. The number of rotatable bonds is 7. The van der Waals surface area contributed by atoms with Gasteiger partial charge in [0.2, 0.25) is 10.0 Å². The Labute approximate surface area is 188 Å². The van der Waals surface area contributed by atoms with Crippen molar-refractivity contribution in [2.75, 3.05) is 27.3 Å². The van der Waals surface area contributed by atoms with Crippen molar-refractivity contribution in [3.63, 3.8) is 0 Å². The number of piperidine rings is 1. The van der Waals surface area contributed by atoms with Crippen molar-refractivity contribution in [3.8, 4) is 11.5 Å². The molecule has 1 fully saturated rings. The Morgan fingerprint density at radius 3 is 2.42 bits per heavy atom. The summed E-state index contributed by atoms with van der Waals surface area (Å²) in [7, 11) is -0.571. The van der Waals surface area contributed by atoms with Gasteiger partial charge in [-0.3, -0.25) is 4.79 Å². The molecule has 0 radical (unpaired) electrons. The fourth-order valence-corrected chi connectivity index (χ4v) is 5.37. The summed E-state index contributed by atoms with van der Waals surface area (Å²) in [6.07, 6.45) is 2.69. The Hall–Kier alpha value is -2.29. The number of hydrogen-bond acceptors (Lipinski definition) is 5. The van der Waals surface area contributed by atoms with Gasteiger partial charge in [0.15, 0.2) is 0 Å². The predicted octanol–water partition coefficient (Wildman–Crippen LogP) is 4.02. The number of amides is 1. The van der Waals surface area contributed by atoms with Crippen LogP contribution in [-0.2, 0) is 10.0 Å². The van der Waals surface area contributed by atoms with Gasteiger partial charge in [-0.25, -0.2) is 8.42 Å². The largest absolute Gasteiger partial charge is 0.497 e. The van der Waals surface area contributed by atoms with Crippen LogP contribution in [0.1, 0.15) is 48.1 Å². The summed E-state index contributed by atoms with van der Waals surface area (Å²) in [4.78, 5) is 13.0. The number of nitrogens with one attached hydrogen (secondary N) is 1. The standard InChI is InChI=1S/C22H27ClN2O5S/c1-15(18-13-16(29-2)7-10-21(18)30-3)24-22(26)19-14-17(8-9-20(19)23)31(27,28)25-11-5-4-6-12-25/h7-10,13-15H,4-6,11-12H2,1-3H3,(H,24,26)/t15-/m0/s1. The maximum atomic E-state index is 13.0. The first kappa shape index (κ1) is 23.4. The van der Waals surface area contributed by atoms with E-state index in [1.54, 1.807) is 39.3 Å². The van der Waals surface area contributed by atoms with Crippen LogP contribution in [-0.4, -0.2) is 45.9 Å². The molecular weight excluding hydrogens is 440 g/mol. The second-order valence-electron chi connectivity index (χ2n) is 7.41. The molecule has 168 valence electrons. The molecule has 31 heavy (non-hydrogen) atoms. The molecule has 7 nitrogen and oxygen atoms in total. The quantitative estimate of drug-likeness (QED) is 0.666. The smallest absolute Gasteiger partial charge is 0.253 e. The van der Waals surface area contributed by atoms with Gasteiger partial charge >= 0.3 is 0 Å². The Bertz CT molecular complexity index is 1050. The van der Waals surface area contributed by atoms with E-state index in [1.807, 2.05) is 0 Å². The third-order valence-electron chi connectivity index (χ3n) is 5.39. The van der Waals surface area contributed by atoms with E-state index in [-0.39, 0.29) is 15.5 Å². The van der Waals surface area contributed by atoms with E-state index in [4.69, 9.17) is 21.1 Å². The molecule has 1 aliphatic heterocycles. The highest BCUT2D eigenvalue weighted by atomic mass is 35.5. The normalized spacial score (nSPS) is 15.9. The van der Waals surface area contributed by atoms with E-state index in [2.05, 4.69) is 5.32 Å². The molecule has 1 atom stereocenters. The summed E-state index contributed by atoms with van der Waals surface area (Å²) >= 11 is 6.25. The molecule has 0 aromatic heterocycles. The topological polar surface area (TPSA) is 84.9 Å². The summed E-state index contributed by atoms with van der Waals surface area (Å²) in [6, 6.07) is 9.11. The zero-order chi connectivity index (χ0) is 22.6. The fourth-order valence-electron chi connectivity index (χ4n) is 3.62. The molecule has 1 aliphatic rings. The zero-order valence-electron chi connectivity index (χ0n) is 17.9. The van der Waals surface area contributed by atoms with Crippen LogP contribution in [0.5, 0.6) is 11.5 Å². The van der Waals surface area contributed by atoms with Crippen LogP contribution < -0.4 is 14.8 Å². The predicted molar refractivity (Wildman–Crippen MR) is 119 cm³/mol. The van der Waals surface area contributed by atoms with Crippen molar-refractivity contribution in [1.82, 2.24) is 9.62 Å². The van der Waals surface area contributed by atoms with Crippen LogP contribution >= 0.6 is 11.6 Å². The lowest BCUT2D eigenvalue weighted by molar-refractivity contribution is 0.0939. The van der Waals surface area contributed by atoms with Gasteiger partial charge in [0.25, 0.3) is 5.91 Å². The Morgan fingerprint density at radius 2 is 1.77 bits per heavy atom. The van der Waals surface area contributed by atoms with E-state index in [0.717, 1.165) is 24.8 Å². The minimum absolute atomic E-state index is 0.0653. The number of benzene rings is 2. The van der Waals surface area contributed by atoms with E-state index < -0.39 is 22.0 Å². The molecule has 2 aromatic carbocycles. The number of methoxy groups -OCH3 is 2. The number of carbonyl (C=O) groups excluding carboxylic acids is 1. The molecule has 3 rings (SSSR count). The molecule has 9 heteroatoms. The van der Waals surface area contributed by atoms with Crippen LogP contribution in [0, 0.1) is 0 Å². The van der Waals surface area contributed by atoms with Crippen molar-refractivity contribution in [2.24, 2.45) is 0 Å². The number of hydrogen-bond donors (Lipinski definition) is 1. The molecular formula is C22H27ClN2O5S. The molecule has 1 saturated heterocycles. The Morgan fingerprint density at radius 1 is 1.06 bits per heavy atom. The number of sulfonamides is 1. The van der Waals surface area contributed by atoms with Crippen molar-refractivity contribution in [3.05, 3.63) is 52.5 Å². The van der Waals surface area contributed by atoms with Gasteiger partial charge < -0.3 is 14.8 Å². The van der Waals surface area contributed by atoms with Crippen LogP contribution in [0.4, 0.5) is 0 Å². The van der Waals surface area contributed by atoms with Crippen LogP contribution in [0.15, 0.2) is 41.3 Å². The van der Waals surface area contributed by atoms with Gasteiger partial charge in [0.05, 0.1) is 35.7 Å². The number of nitrogens with zero attached hydrogens (tertiary/aromatic N) is 1. The molecule has 2 aromatic rings. The van der Waals surface area contributed by atoms with Crippen molar-refractivity contribution in [2.45, 2.75) is 37.1 Å². The van der Waals surface area contributed by atoms with Gasteiger partial charge in [-0.1, -0.05) is 18.0 Å². The average molecular weight is 467 g/mol. The number of halogens is 1. The molecule has 0 saturated carbocycles. The summed E-state index contributed by atoms with van der Waals surface area (Å²) in [6.45, 7) is 2.77. The highest BCUT2D eigenvalue weighted by Crippen LogP contribution is 2.30. The van der Waals surface area contributed by atoms with Gasteiger partial charge in [-0.15, -0.1) is 0 Å². The van der Waals surface area contributed by atoms with Gasteiger partial charge in [0.1, 0.15) is 11.5 Å². The lowest BCUT2D eigenvalue weighted by atomic mass is 10.1. The molecule has 0 aliphatic carbocycles. The first-order valence-electron chi connectivity index (χ1n) is 10.1. The van der Waals surface area contributed by atoms with E-state index in [0.29, 0.717) is 24.6 Å². The van der Waals surface area contributed by atoms with Gasteiger partial charge in [-0.2, -0.15) is 4.31 Å². The van der Waals surface area contributed by atoms with Crippen molar-refractivity contribution >= 4 is 27.5 Å². The average Bonchev–Trinajstić information content (AvgIpc) is 2.79. The van der Waals surface area contributed by atoms with Crippen molar-refractivity contribution < 1.29 is 22.7 Å². The van der Waals surface area contributed by atoms with Gasteiger partial charge in [-0.05, 0) is 56.2 Å². The minimum atomic E-state index is -3.68. The van der Waals surface area contributed by atoms with Crippen LogP contribution in [0.2, 0.25) is 5.02 Å². The first-order valence-corrected chi connectivity index (χ1v) is 11.9. The lowest BCUT2D eigenvalue weighted by Crippen LogP contribution is -2.35.